The summed E-state index contributed by atoms with van der Waals surface area (Å²) < 4.78 is 5.44. The van der Waals surface area contributed by atoms with Gasteiger partial charge in [0.1, 0.15) is 0 Å². The molecule has 2 heterocycles. The zero-order valence-corrected chi connectivity index (χ0v) is 14.4. The van der Waals surface area contributed by atoms with Crippen LogP contribution in [0.4, 0.5) is 5.69 Å². The smallest absolute Gasteiger partial charge is 0.263 e. The molecule has 0 radical (unpaired) electrons. The number of ether oxygens (including phenoxy) is 1. The summed E-state index contributed by atoms with van der Waals surface area (Å²) in [6.07, 6.45) is 0. The summed E-state index contributed by atoms with van der Waals surface area (Å²) in [5.74, 6) is 0.0832. The van der Waals surface area contributed by atoms with Crippen molar-refractivity contribution in [1.29, 1.82) is 0 Å². The number of anilines is 1. The van der Waals surface area contributed by atoms with Crippen molar-refractivity contribution in [3.8, 4) is 0 Å². The molecule has 0 unspecified atom stereocenters. The van der Waals surface area contributed by atoms with Gasteiger partial charge in [0.25, 0.3) is 5.91 Å². The van der Waals surface area contributed by atoms with E-state index < -0.39 is 0 Å². The van der Waals surface area contributed by atoms with Gasteiger partial charge in [-0.15, -0.1) is 11.3 Å². The molecule has 0 atom stereocenters. The van der Waals surface area contributed by atoms with Gasteiger partial charge in [-0.25, -0.2) is 0 Å². The van der Waals surface area contributed by atoms with E-state index in [0.29, 0.717) is 6.54 Å². The van der Waals surface area contributed by atoms with Crippen LogP contribution in [0.3, 0.4) is 0 Å². The predicted molar refractivity (Wildman–Crippen MR) is 94.3 cm³/mol. The van der Waals surface area contributed by atoms with Crippen LogP contribution in [0, 0.1) is 6.92 Å². The molecule has 0 saturated carbocycles. The van der Waals surface area contributed by atoms with Crippen LogP contribution < -0.4 is 4.90 Å². The van der Waals surface area contributed by atoms with Crippen molar-refractivity contribution in [2.45, 2.75) is 13.5 Å². The van der Waals surface area contributed by atoms with Crippen LogP contribution in [-0.4, -0.2) is 44.2 Å². The normalized spacial score (nSPS) is 14.8. The summed E-state index contributed by atoms with van der Waals surface area (Å²) in [5, 5.41) is 0. The van der Waals surface area contributed by atoms with Gasteiger partial charge < -0.3 is 14.5 Å². The average Bonchev–Trinajstić information content (AvgIpc) is 3.02. The van der Waals surface area contributed by atoms with Gasteiger partial charge >= 0.3 is 0 Å². The van der Waals surface area contributed by atoms with E-state index in [9.17, 15) is 4.79 Å². The summed E-state index contributed by atoms with van der Waals surface area (Å²) in [6, 6.07) is 12.2. The van der Waals surface area contributed by atoms with Crippen LogP contribution in [0.15, 0.2) is 36.4 Å². The lowest BCUT2D eigenvalue weighted by atomic mass is 10.1. The molecule has 0 aliphatic carbocycles. The molecule has 1 fully saturated rings. The molecule has 0 N–H and O–H groups in total. The Labute approximate surface area is 141 Å². The molecule has 0 spiro atoms. The van der Waals surface area contributed by atoms with Crippen LogP contribution in [0.2, 0.25) is 0 Å². The molecule has 1 aromatic carbocycles. The fraction of sp³-hybridized carbons (Fsp3) is 0.389. The van der Waals surface area contributed by atoms with Gasteiger partial charge in [0, 0.05) is 37.2 Å². The SMILES string of the molecule is Cc1ccc(C(=O)N(C)Cc2ccccc2N2CCOCC2)s1. The second-order valence-corrected chi connectivity index (χ2v) is 7.09. The van der Waals surface area contributed by atoms with Crippen LogP contribution in [0.5, 0.6) is 0 Å². The minimum absolute atomic E-state index is 0.0832. The molecule has 4 nitrogen and oxygen atoms in total. The van der Waals surface area contributed by atoms with Crippen molar-refractivity contribution in [1.82, 2.24) is 4.90 Å². The Balaban J connectivity index is 1.75. The van der Waals surface area contributed by atoms with Crippen LogP contribution in [0.1, 0.15) is 20.1 Å². The number of amides is 1. The van der Waals surface area contributed by atoms with E-state index in [1.54, 1.807) is 16.2 Å². The van der Waals surface area contributed by atoms with E-state index in [-0.39, 0.29) is 5.91 Å². The number of hydrogen-bond acceptors (Lipinski definition) is 4. The minimum atomic E-state index is 0.0832. The van der Waals surface area contributed by atoms with Crippen molar-refractivity contribution in [2.75, 3.05) is 38.3 Å². The van der Waals surface area contributed by atoms with Crippen molar-refractivity contribution in [3.63, 3.8) is 0 Å². The number of thiophene rings is 1. The van der Waals surface area contributed by atoms with Gasteiger partial charge in [0.2, 0.25) is 0 Å². The third kappa shape index (κ3) is 3.74. The van der Waals surface area contributed by atoms with Crippen molar-refractivity contribution >= 4 is 22.9 Å². The number of para-hydroxylation sites is 1. The molecule has 0 bridgehead atoms. The molecule has 1 aliphatic heterocycles. The Hall–Kier alpha value is -1.85. The van der Waals surface area contributed by atoms with Gasteiger partial charge in [-0.05, 0) is 30.7 Å². The quantitative estimate of drug-likeness (QED) is 0.863. The zero-order chi connectivity index (χ0) is 16.2. The molecule has 1 aliphatic rings. The number of nitrogens with zero attached hydrogens (tertiary/aromatic N) is 2. The number of carbonyl (C=O) groups excluding carboxylic acids is 1. The van der Waals surface area contributed by atoms with E-state index in [1.165, 1.54) is 11.3 Å². The van der Waals surface area contributed by atoms with E-state index in [1.807, 2.05) is 32.2 Å². The Morgan fingerprint density at radius 3 is 2.65 bits per heavy atom. The highest BCUT2D eigenvalue weighted by Crippen LogP contribution is 2.24. The monoisotopic (exact) mass is 330 g/mol. The van der Waals surface area contributed by atoms with E-state index >= 15 is 0 Å². The number of rotatable bonds is 4. The summed E-state index contributed by atoms with van der Waals surface area (Å²) in [6.45, 7) is 5.96. The van der Waals surface area contributed by atoms with Gasteiger partial charge in [-0.3, -0.25) is 4.79 Å². The molecule has 2 aromatic rings. The number of hydrogen-bond donors (Lipinski definition) is 0. The summed E-state index contributed by atoms with van der Waals surface area (Å²) in [5.41, 5.74) is 2.39. The Morgan fingerprint density at radius 2 is 1.96 bits per heavy atom. The maximum Gasteiger partial charge on any atom is 0.263 e. The first-order valence-corrected chi connectivity index (χ1v) is 8.69. The van der Waals surface area contributed by atoms with Crippen molar-refractivity contribution in [2.24, 2.45) is 0 Å². The van der Waals surface area contributed by atoms with E-state index in [2.05, 4.69) is 23.1 Å². The molecule has 5 heteroatoms. The minimum Gasteiger partial charge on any atom is -0.378 e. The Kier molecular flexibility index (Phi) is 4.98. The Bertz CT molecular complexity index is 677. The average molecular weight is 330 g/mol. The molecule has 3 rings (SSSR count). The van der Waals surface area contributed by atoms with Crippen molar-refractivity contribution in [3.05, 3.63) is 51.7 Å². The largest absolute Gasteiger partial charge is 0.378 e. The zero-order valence-electron chi connectivity index (χ0n) is 13.6. The maximum atomic E-state index is 12.6. The van der Waals surface area contributed by atoms with Crippen LogP contribution in [-0.2, 0) is 11.3 Å². The first kappa shape index (κ1) is 16.0. The first-order valence-electron chi connectivity index (χ1n) is 7.87. The highest BCUT2D eigenvalue weighted by Gasteiger charge is 2.18. The maximum absolute atomic E-state index is 12.6. The van der Waals surface area contributed by atoms with Crippen LogP contribution in [0.25, 0.3) is 0 Å². The number of carbonyl (C=O) groups is 1. The van der Waals surface area contributed by atoms with Gasteiger partial charge in [0.05, 0.1) is 18.1 Å². The number of aryl methyl sites for hydroxylation is 1. The summed E-state index contributed by atoms with van der Waals surface area (Å²) in [4.78, 5) is 18.7. The molecule has 1 aromatic heterocycles. The molecular weight excluding hydrogens is 308 g/mol. The standard InChI is InChI=1S/C18H22N2O2S/c1-14-7-8-17(23-14)18(21)19(2)13-15-5-3-4-6-16(15)20-9-11-22-12-10-20/h3-8H,9-13H2,1-2H3. The first-order chi connectivity index (χ1) is 11.1. The molecular formula is C18H22N2O2S. The lowest BCUT2D eigenvalue weighted by Crippen LogP contribution is -2.37. The molecule has 122 valence electrons. The van der Waals surface area contributed by atoms with E-state index in [0.717, 1.165) is 36.1 Å². The third-order valence-corrected chi connectivity index (χ3v) is 5.04. The lowest BCUT2D eigenvalue weighted by molar-refractivity contribution is 0.0789. The van der Waals surface area contributed by atoms with E-state index in [4.69, 9.17) is 4.74 Å². The van der Waals surface area contributed by atoms with Crippen molar-refractivity contribution < 1.29 is 9.53 Å². The fourth-order valence-corrected chi connectivity index (χ4v) is 3.68. The topological polar surface area (TPSA) is 32.8 Å². The van der Waals surface area contributed by atoms with Gasteiger partial charge in [-0.2, -0.15) is 0 Å². The number of benzene rings is 1. The molecule has 23 heavy (non-hydrogen) atoms. The Morgan fingerprint density at radius 1 is 1.22 bits per heavy atom. The second-order valence-electron chi connectivity index (χ2n) is 5.80. The summed E-state index contributed by atoms with van der Waals surface area (Å²) >= 11 is 1.55. The fourth-order valence-electron chi connectivity index (χ4n) is 2.82. The lowest BCUT2D eigenvalue weighted by Gasteiger charge is -2.31. The van der Waals surface area contributed by atoms with Gasteiger partial charge in [0.15, 0.2) is 0 Å². The molecule has 1 amide bonds. The van der Waals surface area contributed by atoms with Gasteiger partial charge in [-0.1, -0.05) is 18.2 Å². The van der Waals surface area contributed by atoms with Crippen LogP contribution >= 0.6 is 11.3 Å². The predicted octanol–water partition coefficient (Wildman–Crippen LogP) is 3.17. The summed E-state index contributed by atoms with van der Waals surface area (Å²) in [7, 11) is 1.87. The molecule has 1 saturated heterocycles. The number of morpholine rings is 1. The highest BCUT2D eigenvalue weighted by atomic mass is 32.1. The third-order valence-electron chi connectivity index (χ3n) is 4.05. The highest BCUT2D eigenvalue weighted by molar-refractivity contribution is 7.13. The second kappa shape index (κ2) is 7.15.